The molecule has 3 atom stereocenters. The Bertz CT molecular complexity index is 510. The predicted molar refractivity (Wildman–Crippen MR) is 78.7 cm³/mol. The molecular formula is C17H22N2O. The van der Waals surface area contributed by atoms with Gasteiger partial charge in [0.15, 0.2) is 0 Å². The van der Waals surface area contributed by atoms with Crippen LogP contribution in [-0.4, -0.2) is 19.7 Å². The van der Waals surface area contributed by atoms with Crippen LogP contribution >= 0.6 is 0 Å². The van der Waals surface area contributed by atoms with E-state index < -0.39 is 0 Å². The van der Waals surface area contributed by atoms with E-state index in [9.17, 15) is 5.26 Å². The highest BCUT2D eigenvalue weighted by atomic mass is 16.5. The maximum Gasteiger partial charge on any atom is 0.119 e. The van der Waals surface area contributed by atoms with Crippen LogP contribution in [0.4, 0.5) is 0 Å². The number of hydrogen-bond acceptors (Lipinski definition) is 3. The Morgan fingerprint density at radius 1 is 1.45 bits per heavy atom. The second kappa shape index (κ2) is 5.46. The van der Waals surface area contributed by atoms with Crippen molar-refractivity contribution >= 4 is 0 Å². The molecule has 0 spiro atoms. The number of benzene rings is 1. The molecule has 1 aromatic carbocycles. The molecule has 0 amide bonds. The van der Waals surface area contributed by atoms with E-state index in [0.717, 1.165) is 18.7 Å². The fourth-order valence-corrected chi connectivity index (χ4v) is 4.32. The van der Waals surface area contributed by atoms with Gasteiger partial charge in [0.05, 0.1) is 13.2 Å². The standard InChI is InChI=1S/C17H22N2O/c1-20-14-5-2-4-13(12-14)17-8-3-6-16(19-11-9-17)15(17)7-10-18/h2,4-5,12,15-16,19H,3,6-9,11H2,1H3/t15-,16-,17-/m1/s1. The molecule has 1 saturated carbocycles. The quantitative estimate of drug-likeness (QED) is 0.918. The number of nitrogens with one attached hydrogen (secondary N) is 1. The van der Waals surface area contributed by atoms with Gasteiger partial charge < -0.3 is 10.1 Å². The highest BCUT2D eigenvalue weighted by molar-refractivity contribution is 5.36. The predicted octanol–water partition coefficient (Wildman–Crippen LogP) is 3.01. The molecule has 2 fully saturated rings. The average Bonchev–Trinajstić information content (AvgIpc) is 2.48. The minimum absolute atomic E-state index is 0.165. The Balaban J connectivity index is 2.03. The van der Waals surface area contributed by atoms with Crippen LogP contribution < -0.4 is 10.1 Å². The van der Waals surface area contributed by atoms with E-state index >= 15 is 0 Å². The van der Waals surface area contributed by atoms with E-state index in [0.29, 0.717) is 18.4 Å². The SMILES string of the molecule is COc1cccc([C@@]23CCC[C@@H](NCC2)[C@H]3CC#N)c1. The van der Waals surface area contributed by atoms with Gasteiger partial charge in [0, 0.05) is 17.9 Å². The molecule has 0 radical (unpaired) electrons. The first-order valence-corrected chi connectivity index (χ1v) is 7.55. The largest absolute Gasteiger partial charge is 0.497 e. The molecule has 1 N–H and O–H groups in total. The summed E-state index contributed by atoms with van der Waals surface area (Å²) in [5.41, 5.74) is 1.53. The first-order valence-electron chi connectivity index (χ1n) is 7.55. The number of fused-ring (bicyclic) bond motifs is 2. The minimum Gasteiger partial charge on any atom is -0.497 e. The Labute approximate surface area is 120 Å². The van der Waals surface area contributed by atoms with Crippen molar-refractivity contribution in [2.45, 2.75) is 43.6 Å². The minimum atomic E-state index is 0.165. The summed E-state index contributed by atoms with van der Waals surface area (Å²) in [6, 6.07) is 11.4. The van der Waals surface area contributed by atoms with Crippen molar-refractivity contribution in [1.29, 1.82) is 5.26 Å². The first kappa shape index (κ1) is 13.5. The molecular weight excluding hydrogens is 248 g/mol. The van der Waals surface area contributed by atoms with Crippen molar-refractivity contribution in [2.75, 3.05) is 13.7 Å². The normalized spacial score (nSPS) is 32.4. The Kier molecular flexibility index (Phi) is 3.67. The lowest BCUT2D eigenvalue weighted by Crippen LogP contribution is -2.56. The van der Waals surface area contributed by atoms with Crippen LogP contribution in [0.2, 0.25) is 0 Å². The molecule has 3 nitrogen and oxygen atoms in total. The number of methoxy groups -OCH3 is 1. The molecule has 1 heterocycles. The monoisotopic (exact) mass is 270 g/mol. The Morgan fingerprint density at radius 2 is 2.35 bits per heavy atom. The van der Waals surface area contributed by atoms with Crippen molar-refractivity contribution in [1.82, 2.24) is 5.32 Å². The maximum absolute atomic E-state index is 9.23. The molecule has 1 aliphatic heterocycles. The molecule has 0 unspecified atom stereocenters. The van der Waals surface area contributed by atoms with Crippen molar-refractivity contribution in [2.24, 2.45) is 5.92 Å². The number of nitriles is 1. The van der Waals surface area contributed by atoms with E-state index in [4.69, 9.17) is 4.74 Å². The van der Waals surface area contributed by atoms with Crippen LogP contribution in [0.5, 0.6) is 5.75 Å². The third-order valence-electron chi connectivity index (χ3n) is 5.27. The van der Waals surface area contributed by atoms with Gasteiger partial charge in [0.2, 0.25) is 0 Å². The zero-order chi connectivity index (χ0) is 14.0. The molecule has 106 valence electrons. The van der Waals surface area contributed by atoms with Gasteiger partial charge >= 0.3 is 0 Å². The highest BCUT2D eigenvalue weighted by Crippen LogP contribution is 2.50. The summed E-state index contributed by atoms with van der Waals surface area (Å²) in [5, 5.41) is 12.9. The van der Waals surface area contributed by atoms with Crippen LogP contribution in [0.25, 0.3) is 0 Å². The Hall–Kier alpha value is -1.53. The van der Waals surface area contributed by atoms with Gasteiger partial charge in [-0.2, -0.15) is 5.26 Å². The van der Waals surface area contributed by atoms with Crippen molar-refractivity contribution in [3.8, 4) is 11.8 Å². The molecule has 20 heavy (non-hydrogen) atoms. The summed E-state index contributed by atoms with van der Waals surface area (Å²) >= 11 is 0. The first-order chi connectivity index (χ1) is 9.80. The number of hydrogen-bond donors (Lipinski definition) is 1. The molecule has 1 saturated heterocycles. The maximum atomic E-state index is 9.23. The van der Waals surface area contributed by atoms with E-state index in [2.05, 4.69) is 29.6 Å². The van der Waals surface area contributed by atoms with Crippen LogP contribution in [0.3, 0.4) is 0 Å². The van der Waals surface area contributed by atoms with E-state index in [-0.39, 0.29) is 5.41 Å². The molecule has 0 aromatic heterocycles. The molecule has 1 aliphatic carbocycles. The van der Waals surface area contributed by atoms with Crippen LogP contribution in [0.1, 0.15) is 37.7 Å². The van der Waals surface area contributed by atoms with Gasteiger partial charge in [0.1, 0.15) is 5.75 Å². The van der Waals surface area contributed by atoms with E-state index in [1.165, 1.54) is 24.8 Å². The van der Waals surface area contributed by atoms with Crippen LogP contribution in [0, 0.1) is 17.2 Å². The lowest BCUT2D eigenvalue weighted by atomic mass is 9.56. The summed E-state index contributed by atoms with van der Waals surface area (Å²) in [6.45, 7) is 1.06. The van der Waals surface area contributed by atoms with Gasteiger partial charge in [-0.15, -0.1) is 0 Å². The van der Waals surface area contributed by atoms with Crippen LogP contribution in [0.15, 0.2) is 24.3 Å². The van der Waals surface area contributed by atoms with Gasteiger partial charge in [-0.1, -0.05) is 18.6 Å². The number of ether oxygens (including phenoxy) is 1. The topological polar surface area (TPSA) is 45.0 Å². The van der Waals surface area contributed by atoms with Crippen molar-refractivity contribution in [3.05, 3.63) is 29.8 Å². The fraction of sp³-hybridized carbons (Fsp3) is 0.588. The number of nitrogens with zero attached hydrogens (tertiary/aromatic N) is 1. The molecule has 2 bridgehead atoms. The van der Waals surface area contributed by atoms with E-state index in [1.807, 2.05) is 6.07 Å². The third-order valence-corrected chi connectivity index (χ3v) is 5.27. The highest BCUT2D eigenvalue weighted by Gasteiger charge is 2.48. The number of piperidine rings is 1. The molecule has 2 aliphatic rings. The molecule has 3 heteroatoms. The summed E-state index contributed by atoms with van der Waals surface area (Å²) in [6.07, 6.45) is 5.43. The summed E-state index contributed by atoms with van der Waals surface area (Å²) < 4.78 is 5.39. The second-order valence-electron chi connectivity index (χ2n) is 6.06. The fourth-order valence-electron chi connectivity index (χ4n) is 4.32. The summed E-state index contributed by atoms with van der Waals surface area (Å²) in [5.74, 6) is 1.36. The van der Waals surface area contributed by atoms with Gasteiger partial charge in [-0.05, 0) is 49.4 Å². The zero-order valence-corrected chi connectivity index (χ0v) is 12.1. The van der Waals surface area contributed by atoms with E-state index in [1.54, 1.807) is 7.11 Å². The van der Waals surface area contributed by atoms with Crippen molar-refractivity contribution in [3.63, 3.8) is 0 Å². The second-order valence-corrected chi connectivity index (χ2v) is 6.06. The lowest BCUT2D eigenvalue weighted by Gasteiger charge is -2.52. The number of rotatable bonds is 3. The summed E-state index contributed by atoms with van der Waals surface area (Å²) in [4.78, 5) is 0. The molecule has 1 aromatic rings. The van der Waals surface area contributed by atoms with Gasteiger partial charge in [-0.3, -0.25) is 0 Å². The van der Waals surface area contributed by atoms with Crippen LogP contribution in [-0.2, 0) is 5.41 Å². The zero-order valence-electron chi connectivity index (χ0n) is 12.1. The lowest BCUT2D eigenvalue weighted by molar-refractivity contribution is 0.0909. The average molecular weight is 270 g/mol. The summed E-state index contributed by atoms with van der Waals surface area (Å²) in [7, 11) is 1.72. The van der Waals surface area contributed by atoms with Gasteiger partial charge in [-0.25, -0.2) is 0 Å². The van der Waals surface area contributed by atoms with Crippen molar-refractivity contribution < 1.29 is 4.74 Å². The smallest absolute Gasteiger partial charge is 0.119 e. The molecule has 3 rings (SSSR count). The third kappa shape index (κ3) is 2.09. The Morgan fingerprint density at radius 3 is 3.15 bits per heavy atom. The van der Waals surface area contributed by atoms with Gasteiger partial charge in [0.25, 0.3) is 0 Å².